The summed E-state index contributed by atoms with van der Waals surface area (Å²) in [5.41, 5.74) is 1.07. The van der Waals surface area contributed by atoms with Crippen molar-refractivity contribution in [1.29, 1.82) is 0 Å². The molecule has 1 saturated heterocycles. The number of nitrogens with one attached hydrogen (secondary N) is 2. The topological polar surface area (TPSA) is 109 Å². The van der Waals surface area contributed by atoms with E-state index in [2.05, 4.69) is 19.6 Å². The maximum Gasteiger partial charge on any atom is 0.401 e. The van der Waals surface area contributed by atoms with Crippen molar-refractivity contribution in [3.05, 3.63) is 47.5 Å². The molecule has 4 rings (SSSR count). The molecule has 2 atom stereocenters. The van der Waals surface area contributed by atoms with Crippen molar-refractivity contribution < 1.29 is 31.6 Å². The summed E-state index contributed by atoms with van der Waals surface area (Å²) in [6, 6.07) is 6.70. The molecule has 1 aliphatic heterocycles. The quantitative estimate of drug-likeness (QED) is 0.272. The molecule has 3 N–H and O–H groups in total. The normalized spacial score (nSPS) is 16.8. The molecular weight excluding hydrogens is 526 g/mol. The zero-order valence-electron chi connectivity index (χ0n) is 18.9. The first-order valence-corrected chi connectivity index (χ1v) is 13.0. The van der Waals surface area contributed by atoms with Gasteiger partial charge in [0.05, 0.1) is 43.6 Å². The number of benzene rings is 2. The smallest absolute Gasteiger partial charge is 0.401 e. The van der Waals surface area contributed by atoms with E-state index in [9.17, 15) is 26.9 Å². The van der Waals surface area contributed by atoms with E-state index in [4.69, 9.17) is 16.3 Å². The molecule has 2 aromatic carbocycles. The van der Waals surface area contributed by atoms with Crippen LogP contribution in [0, 0.1) is 5.82 Å². The zero-order chi connectivity index (χ0) is 26.1. The second kappa shape index (κ2) is 10.3. The van der Waals surface area contributed by atoms with Crippen molar-refractivity contribution in [2.45, 2.75) is 31.9 Å². The van der Waals surface area contributed by atoms with Gasteiger partial charge in [0.25, 0.3) is 0 Å². The van der Waals surface area contributed by atoms with E-state index in [1.54, 1.807) is 12.1 Å². The summed E-state index contributed by atoms with van der Waals surface area (Å²) in [4.78, 5) is 8.41. The third-order valence-corrected chi connectivity index (χ3v) is 8.03. The zero-order valence-corrected chi connectivity index (χ0v) is 20.4. The SMILES string of the molecule is C[C@@H](Oc1cc(F)ccc1Nc1ncnc2cc(N=S3(=O)CCC3)cc(Cl)c12)C(O)NCC(F)(F)F. The fourth-order valence-electron chi connectivity index (χ4n) is 3.43. The van der Waals surface area contributed by atoms with Crippen LogP contribution in [0.1, 0.15) is 13.3 Å². The van der Waals surface area contributed by atoms with Gasteiger partial charge in [-0.05, 0) is 37.6 Å². The minimum absolute atomic E-state index is 0.0771. The van der Waals surface area contributed by atoms with E-state index in [1.165, 1.54) is 19.3 Å². The van der Waals surface area contributed by atoms with Gasteiger partial charge in [-0.15, -0.1) is 0 Å². The van der Waals surface area contributed by atoms with Gasteiger partial charge in [-0.2, -0.15) is 17.5 Å². The Balaban J connectivity index is 1.61. The van der Waals surface area contributed by atoms with Gasteiger partial charge in [0.1, 0.15) is 36.0 Å². The average Bonchev–Trinajstić information content (AvgIpc) is 2.77. The summed E-state index contributed by atoms with van der Waals surface area (Å²) in [7, 11) is -2.26. The monoisotopic (exact) mass is 547 g/mol. The Bertz CT molecular complexity index is 1390. The molecular formula is C22H22ClF4N5O3S. The van der Waals surface area contributed by atoms with Crippen molar-refractivity contribution >= 4 is 49.4 Å². The number of aromatic nitrogens is 2. The fourth-order valence-corrected chi connectivity index (χ4v) is 5.18. The van der Waals surface area contributed by atoms with E-state index < -0.39 is 40.6 Å². The molecule has 0 aliphatic carbocycles. The molecule has 0 spiro atoms. The Labute approximate surface area is 209 Å². The van der Waals surface area contributed by atoms with Crippen LogP contribution < -0.4 is 15.4 Å². The number of alkyl halides is 3. The van der Waals surface area contributed by atoms with Crippen LogP contribution in [0.3, 0.4) is 0 Å². The Hall–Kier alpha value is -2.74. The van der Waals surface area contributed by atoms with E-state index in [-0.39, 0.29) is 22.3 Å². The van der Waals surface area contributed by atoms with E-state index in [0.29, 0.717) is 28.1 Å². The van der Waals surface area contributed by atoms with Crippen LogP contribution in [0.15, 0.2) is 41.0 Å². The molecule has 14 heteroatoms. The van der Waals surface area contributed by atoms with Crippen LogP contribution in [-0.4, -0.2) is 55.8 Å². The molecule has 194 valence electrons. The molecule has 0 amide bonds. The Kier molecular flexibility index (Phi) is 7.55. The molecule has 1 fully saturated rings. The number of ether oxygens (including phenoxy) is 1. The van der Waals surface area contributed by atoms with Gasteiger partial charge in [-0.1, -0.05) is 11.6 Å². The minimum atomic E-state index is -4.53. The molecule has 0 saturated carbocycles. The second-order valence-electron chi connectivity index (χ2n) is 8.20. The van der Waals surface area contributed by atoms with Crippen molar-refractivity contribution in [2.75, 3.05) is 23.4 Å². The average molecular weight is 548 g/mol. The number of anilines is 2. The number of hydrogen-bond donors (Lipinski definition) is 3. The van der Waals surface area contributed by atoms with Crippen LogP contribution in [-0.2, 0) is 9.73 Å². The number of hydrogen-bond acceptors (Lipinski definition) is 8. The summed E-state index contributed by atoms with van der Waals surface area (Å²) in [6.45, 7) is -0.0949. The lowest BCUT2D eigenvalue weighted by Crippen LogP contribution is -2.45. The predicted molar refractivity (Wildman–Crippen MR) is 129 cm³/mol. The Morgan fingerprint density at radius 3 is 2.67 bits per heavy atom. The molecule has 1 aliphatic rings. The minimum Gasteiger partial charge on any atom is -0.484 e. The third kappa shape index (κ3) is 6.33. The van der Waals surface area contributed by atoms with E-state index in [0.717, 1.165) is 18.6 Å². The van der Waals surface area contributed by atoms with Gasteiger partial charge < -0.3 is 15.2 Å². The van der Waals surface area contributed by atoms with Crippen LogP contribution in [0.4, 0.5) is 34.8 Å². The predicted octanol–water partition coefficient (Wildman–Crippen LogP) is 4.91. The standard InChI is InChI=1S/C22H22ClF4N5O3S/c1-12(21(33)28-10-22(25,26)27)35-18-7-13(24)3-4-16(18)31-20-19-15(23)8-14(9-17(19)29-11-30-20)32-36(34)5-2-6-36/h3-4,7-9,11-12,21,28,33H,2,5-6,10H2,1H3,(H,29,30,31)/t12-,21?/m1/s1. The first-order valence-electron chi connectivity index (χ1n) is 10.8. The number of fused-ring (bicyclic) bond motifs is 1. The van der Waals surface area contributed by atoms with Crippen molar-refractivity contribution in [3.63, 3.8) is 0 Å². The highest BCUT2D eigenvalue weighted by Gasteiger charge is 2.29. The van der Waals surface area contributed by atoms with Gasteiger partial charge in [0.15, 0.2) is 0 Å². The lowest BCUT2D eigenvalue weighted by molar-refractivity contribution is -0.134. The molecule has 2 heterocycles. The summed E-state index contributed by atoms with van der Waals surface area (Å²) in [5.74, 6) is 0.565. The Morgan fingerprint density at radius 1 is 1.25 bits per heavy atom. The van der Waals surface area contributed by atoms with Crippen LogP contribution in [0.25, 0.3) is 10.9 Å². The molecule has 1 unspecified atom stereocenters. The van der Waals surface area contributed by atoms with E-state index >= 15 is 0 Å². The van der Waals surface area contributed by atoms with Gasteiger partial charge in [0, 0.05) is 17.6 Å². The van der Waals surface area contributed by atoms with Crippen molar-refractivity contribution in [2.24, 2.45) is 4.36 Å². The first kappa shape index (κ1) is 26.3. The summed E-state index contributed by atoms with van der Waals surface area (Å²) < 4.78 is 73.6. The van der Waals surface area contributed by atoms with E-state index in [1.807, 2.05) is 5.32 Å². The highest BCUT2D eigenvalue weighted by atomic mass is 35.5. The van der Waals surface area contributed by atoms with Gasteiger partial charge in [-0.25, -0.2) is 18.6 Å². The second-order valence-corrected chi connectivity index (χ2v) is 11.2. The molecule has 0 bridgehead atoms. The van der Waals surface area contributed by atoms with Crippen molar-refractivity contribution in [1.82, 2.24) is 15.3 Å². The third-order valence-electron chi connectivity index (χ3n) is 5.34. The van der Waals surface area contributed by atoms with Gasteiger partial charge >= 0.3 is 6.18 Å². The van der Waals surface area contributed by atoms with Gasteiger partial charge in [0.2, 0.25) is 0 Å². The molecule has 1 aromatic heterocycles. The number of rotatable bonds is 8. The summed E-state index contributed by atoms with van der Waals surface area (Å²) in [5, 5.41) is 15.5. The lowest BCUT2D eigenvalue weighted by Gasteiger charge is -2.23. The lowest BCUT2D eigenvalue weighted by atomic mass is 10.2. The summed E-state index contributed by atoms with van der Waals surface area (Å²) in [6.07, 6.45) is -5.25. The fraction of sp³-hybridized carbons (Fsp3) is 0.364. The van der Waals surface area contributed by atoms with Crippen LogP contribution in [0.2, 0.25) is 5.02 Å². The van der Waals surface area contributed by atoms with Crippen LogP contribution >= 0.6 is 11.6 Å². The van der Waals surface area contributed by atoms with Crippen molar-refractivity contribution in [3.8, 4) is 5.75 Å². The number of halogens is 5. The number of aliphatic hydroxyl groups excluding tert-OH is 1. The summed E-state index contributed by atoms with van der Waals surface area (Å²) >= 11 is 6.49. The number of nitrogens with zero attached hydrogens (tertiary/aromatic N) is 3. The first-order chi connectivity index (χ1) is 16.9. The largest absolute Gasteiger partial charge is 0.484 e. The van der Waals surface area contributed by atoms with Gasteiger partial charge in [-0.3, -0.25) is 5.32 Å². The highest BCUT2D eigenvalue weighted by molar-refractivity contribution is 7.95. The highest BCUT2D eigenvalue weighted by Crippen LogP contribution is 2.36. The maximum absolute atomic E-state index is 14.0. The Morgan fingerprint density at radius 2 is 2.00 bits per heavy atom. The number of aliphatic hydroxyl groups is 1. The molecule has 0 radical (unpaired) electrons. The molecule has 8 nitrogen and oxygen atoms in total. The molecule has 3 aromatic rings. The van der Waals surface area contributed by atoms with Crippen LogP contribution in [0.5, 0.6) is 5.75 Å². The molecule has 36 heavy (non-hydrogen) atoms. The maximum atomic E-state index is 14.0.